The van der Waals surface area contributed by atoms with Gasteiger partial charge in [0.25, 0.3) is 0 Å². The number of rotatable bonds is 4. The molecule has 1 atom stereocenters. The number of ether oxygens (including phenoxy) is 1. The van der Waals surface area contributed by atoms with E-state index in [1.165, 1.54) is 6.07 Å². The molecule has 1 heterocycles. The van der Waals surface area contributed by atoms with Crippen LogP contribution in [-0.2, 0) is 22.4 Å². The van der Waals surface area contributed by atoms with Gasteiger partial charge in [-0.25, -0.2) is 9.59 Å². The number of benzene rings is 2. The molecule has 0 saturated carbocycles. The van der Waals surface area contributed by atoms with Crippen molar-refractivity contribution in [3.8, 4) is 5.75 Å². The van der Waals surface area contributed by atoms with Gasteiger partial charge in [-0.2, -0.15) is 0 Å². The van der Waals surface area contributed by atoms with E-state index in [-0.39, 0.29) is 30.1 Å². The number of hydrogen-bond donors (Lipinski definition) is 2. The fraction of sp³-hybridized carbons (Fsp3) is 0.167. The van der Waals surface area contributed by atoms with Gasteiger partial charge in [-0.05, 0) is 17.2 Å². The normalized spacial score (nSPS) is 16.0. The van der Waals surface area contributed by atoms with Crippen LogP contribution in [0.4, 0.5) is 0 Å². The third-order valence-corrected chi connectivity index (χ3v) is 3.78. The molecule has 2 aromatic carbocycles. The molecule has 24 heavy (non-hydrogen) atoms. The van der Waals surface area contributed by atoms with Gasteiger partial charge in [0, 0.05) is 6.42 Å². The van der Waals surface area contributed by atoms with Gasteiger partial charge in [-0.1, -0.05) is 42.5 Å². The Morgan fingerprint density at radius 2 is 1.88 bits per heavy atom. The largest absolute Gasteiger partial charge is 0.478 e. The number of hydrogen-bond acceptors (Lipinski definition) is 4. The molecule has 0 saturated heterocycles. The Kier molecular flexibility index (Phi) is 4.29. The standard InChI is InChI=1S/C18H15NO5/c20-15(9-11-5-2-1-3-6-11)19-14-10-12-7-4-8-13(17(21)22)16(12)24-18(14)23/h1-8,14H,9-10H2,(H,19,20)(H,21,22). The van der Waals surface area contributed by atoms with Gasteiger partial charge in [-0.15, -0.1) is 0 Å². The number of fused-ring (bicyclic) bond motifs is 1. The molecule has 0 bridgehead atoms. The Morgan fingerprint density at radius 3 is 2.58 bits per heavy atom. The molecule has 1 aliphatic heterocycles. The van der Waals surface area contributed by atoms with E-state index >= 15 is 0 Å². The van der Waals surface area contributed by atoms with Gasteiger partial charge in [0.15, 0.2) is 0 Å². The summed E-state index contributed by atoms with van der Waals surface area (Å²) < 4.78 is 5.15. The minimum atomic E-state index is -1.16. The molecule has 3 rings (SSSR count). The molecule has 6 nitrogen and oxygen atoms in total. The highest BCUT2D eigenvalue weighted by Gasteiger charge is 2.32. The first kappa shape index (κ1) is 15.7. The predicted octanol–water partition coefficient (Wildman–Crippen LogP) is 1.57. The Balaban J connectivity index is 1.72. The summed E-state index contributed by atoms with van der Waals surface area (Å²) >= 11 is 0. The van der Waals surface area contributed by atoms with Crippen molar-refractivity contribution in [2.45, 2.75) is 18.9 Å². The lowest BCUT2D eigenvalue weighted by Crippen LogP contribution is -2.47. The topological polar surface area (TPSA) is 92.7 Å². The molecule has 1 amide bonds. The zero-order chi connectivity index (χ0) is 17.1. The molecule has 0 spiro atoms. The van der Waals surface area contributed by atoms with Crippen molar-refractivity contribution in [3.63, 3.8) is 0 Å². The van der Waals surface area contributed by atoms with Crippen LogP contribution < -0.4 is 10.1 Å². The first-order valence-electron chi connectivity index (χ1n) is 7.45. The molecule has 2 aromatic rings. The van der Waals surface area contributed by atoms with Crippen LogP contribution in [0.1, 0.15) is 21.5 Å². The molecular weight excluding hydrogens is 310 g/mol. The number of esters is 1. The zero-order valence-corrected chi connectivity index (χ0v) is 12.7. The number of nitrogens with one attached hydrogen (secondary N) is 1. The Hall–Kier alpha value is -3.15. The second-order valence-corrected chi connectivity index (χ2v) is 5.51. The molecule has 0 radical (unpaired) electrons. The third-order valence-electron chi connectivity index (χ3n) is 3.78. The monoisotopic (exact) mass is 325 g/mol. The van der Waals surface area contributed by atoms with Gasteiger partial charge in [0.1, 0.15) is 17.4 Å². The second kappa shape index (κ2) is 6.54. The van der Waals surface area contributed by atoms with Crippen LogP contribution in [0.2, 0.25) is 0 Å². The maximum atomic E-state index is 12.1. The molecule has 122 valence electrons. The van der Waals surface area contributed by atoms with Crippen LogP contribution in [0.5, 0.6) is 5.75 Å². The Morgan fingerprint density at radius 1 is 1.12 bits per heavy atom. The van der Waals surface area contributed by atoms with Crippen LogP contribution in [0, 0.1) is 0 Å². The molecule has 6 heteroatoms. The molecule has 1 aliphatic rings. The van der Waals surface area contributed by atoms with E-state index in [1.807, 2.05) is 30.3 Å². The third kappa shape index (κ3) is 3.27. The van der Waals surface area contributed by atoms with Gasteiger partial charge in [-0.3, -0.25) is 4.79 Å². The lowest BCUT2D eigenvalue weighted by molar-refractivity contribution is -0.140. The summed E-state index contributed by atoms with van der Waals surface area (Å²) in [6.07, 6.45) is 0.364. The van der Waals surface area contributed by atoms with Crippen LogP contribution in [0.3, 0.4) is 0 Å². The summed E-state index contributed by atoms with van der Waals surface area (Å²) in [7, 11) is 0. The van der Waals surface area contributed by atoms with E-state index in [2.05, 4.69) is 5.32 Å². The van der Waals surface area contributed by atoms with Gasteiger partial charge >= 0.3 is 11.9 Å². The highest BCUT2D eigenvalue weighted by molar-refractivity contribution is 5.95. The maximum absolute atomic E-state index is 12.1. The number of para-hydroxylation sites is 1. The van der Waals surface area contributed by atoms with Crippen LogP contribution in [0.15, 0.2) is 48.5 Å². The van der Waals surface area contributed by atoms with Crippen LogP contribution in [-0.4, -0.2) is 29.0 Å². The first-order chi connectivity index (χ1) is 11.5. The number of carboxylic acids is 1. The van der Waals surface area contributed by atoms with Crippen molar-refractivity contribution in [1.29, 1.82) is 0 Å². The average molecular weight is 325 g/mol. The van der Waals surface area contributed by atoms with E-state index in [1.54, 1.807) is 12.1 Å². The minimum Gasteiger partial charge on any atom is -0.478 e. The fourth-order valence-corrected chi connectivity index (χ4v) is 2.65. The summed E-state index contributed by atoms with van der Waals surface area (Å²) in [5.41, 5.74) is 1.36. The van der Waals surface area contributed by atoms with Crippen molar-refractivity contribution in [1.82, 2.24) is 5.32 Å². The van der Waals surface area contributed by atoms with Gasteiger partial charge in [0.05, 0.1) is 6.42 Å². The van der Waals surface area contributed by atoms with E-state index in [0.29, 0.717) is 5.56 Å². The fourth-order valence-electron chi connectivity index (χ4n) is 2.65. The number of carbonyl (C=O) groups excluding carboxylic acids is 2. The van der Waals surface area contributed by atoms with E-state index in [0.717, 1.165) is 5.56 Å². The molecule has 0 aliphatic carbocycles. The average Bonchev–Trinajstić information content (AvgIpc) is 2.55. The summed E-state index contributed by atoms with van der Waals surface area (Å²) in [6, 6.07) is 13.0. The summed E-state index contributed by atoms with van der Waals surface area (Å²) in [4.78, 5) is 35.4. The van der Waals surface area contributed by atoms with E-state index < -0.39 is 18.0 Å². The van der Waals surface area contributed by atoms with Crippen LogP contribution in [0.25, 0.3) is 0 Å². The predicted molar refractivity (Wildman–Crippen MR) is 84.8 cm³/mol. The number of aromatic carboxylic acids is 1. The highest BCUT2D eigenvalue weighted by Crippen LogP contribution is 2.29. The first-order valence-corrected chi connectivity index (χ1v) is 7.45. The van der Waals surface area contributed by atoms with Crippen molar-refractivity contribution >= 4 is 17.8 Å². The maximum Gasteiger partial charge on any atom is 0.339 e. The minimum absolute atomic E-state index is 0.0589. The lowest BCUT2D eigenvalue weighted by Gasteiger charge is -2.25. The van der Waals surface area contributed by atoms with Gasteiger partial charge < -0.3 is 15.2 Å². The van der Waals surface area contributed by atoms with Crippen molar-refractivity contribution in [2.75, 3.05) is 0 Å². The molecule has 2 N–H and O–H groups in total. The molecule has 0 aromatic heterocycles. The smallest absolute Gasteiger partial charge is 0.339 e. The quantitative estimate of drug-likeness (QED) is 0.657. The Bertz CT molecular complexity index is 800. The van der Waals surface area contributed by atoms with Crippen molar-refractivity contribution in [3.05, 3.63) is 65.2 Å². The molecular formula is C18H15NO5. The SMILES string of the molecule is O=C(Cc1ccccc1)NC1Cc2cccc(C(=O)O)c2OC1=O. The van der Waals surface area contributed by atoms with Crippen molar-refractivity contribution < 1.29 is 24.2 Å². The Labute approximate surface area is 138 Å². The number of carboxylic acid groups (broad SMARTS) is 1. The molecule has 1 unspecified atom stereocenters. The summed E-state index contributed by atoms with van der Waals surface area (Å²) in [5.74, 6) is -2.05. The number of amides is 1. The van der Waals surface area contributed by atoms with E-state index in [9.17, 15) is 14.4 Å². The van der Waals surface area contributed by atoms with Crippen molar-refractivity contribution in [2.24, 2.45) is 0 Å². The van der Waals surface area contributed by atoms with Crippen LogP contribution >= 0.6 is 0 Å². The summed E-state index contributed by atoms with van der Waals surface area (Å²) in [5, 5.41) is 11.8. The van der Waals surface area contributed by atoms with E-state index in [4.69, 9.17) is 9.84 Å². The summed E-state index contributed by atoms with van der Waals surface area (Å²) in [6.45, 7) is 0. The second-order valence-electron chi connectivity index (χ2n) is 5.51. The zero-order valence-electron chi connectivity index (χ0n) is 12.7. The van der Waals surface area contributed by atoms with Gasteiger partial charge in [0.2, 0.25) is 5.91 Å². The lowest BCUT2D eigenvalue weighted by atomic mass is 9.98. The number of carbonyl (C=O) groups is 3. The highest BCUT2D eigenvalue weighted by atomic mass is 16.5. The molecule has 0 fully saturated rings.